The molecule has 0 heterocycles. The minimum atomic E-state index is -0.814. The first-order valence-corrected chi connectivity index (χ1v) is 6.84. The Hall–Kier alpha value is -2.49. The molecule has 0 aromatic heterocycles. The van der Waals surface area contributed by atoms with E-state index in [9.17, 15) is 15.0 Å². The molecule has 0 spiro atoms. The molecule has 110 valence electrons. The van der Waals surface area contributed by atoms with Crippen LogP contribution in [0.2, 0.25) is 0 Å². The summed E-state index contributed by atoms with van der Waals surface area (Å²) in [5.41, 5.74) is 1.18. The molecule has 0 saturated carbocycles. The fraction of sp³-hybridized carbons (Fsp3) is 0.235. The number of benzene rings is 2. The molecule has 0 amide bonds. The number of aromatic hydroxyl groups is 2. The number of hydrogen-bond donors (Lipinski definition) is 3. The number of hydrogen-bond acceptors (Lipinski definition) is 3. The van der Waals surface area contributed by atoms with E-state index in [1.165, 1.54) is 0 Å². The molecular weight excluding hydrogens is 268 g/mol. The molecule has 0 fully saturated rings. The monoisotopic (exact) mass is 286 g/mol. The second-order valence-electron chi connectivity index (χ2n) is 4.97. The predicted molar refractivity (Wildman–Crippen MR) is 82.5 cm³/mol. The molecule has 2 rings (SSSR count). The third kappa shape index (κ3) is 3.16. The van der Waals surface area contributed by atoms with Crippen LogP contribution >= 0.6 is 0 Å². The van der Waals surface area contributed by atoms with Crippen LogP contribution in [0.3, 0.4) is 0 Å². The van der Waals surface area contributed by atoms with Crippen molar-refractivity contribution in [3.05, 3.63) is 41.5 Å². The number of phenolic OH excluding ortho intramolecular Hbond substituents is 2. The summed E-state index contributed by atoms with van der Waals surface area (Å²) < 4.78 is 0. The lowest BCUT2D eigenvalue weighted by Crippen LogP contribution is -1.92. The first-order valence-electron chi connectivity index (χ1n) is 6.84. The summed E-state index contributed by atoms with van der Waals surface area (Å²) in [7, 11) is 0. The Labute approximate surface area is 123 Å². The van der Waals surface area contributed by atoms with E-state index in [0.29, 0.717) is 34.7 Å². The summed E-state index contributed by atoms with van der Waals surface area (Å²) in [4.78, 5) is 10.4. The van der Waals surface area contributed by atoms with Gasteiger partial charge in [-0.05, 0) is 19.8 Å². The highest BCUT2D eigenvalue weighted by atomic mass is 16.4. The lowest BCUT2D eigenvalue weighted by Gasteiger charge is -2.11. The Balaban J connectivity index is 2.31. The zero-order valence-electron chi connectivity index (χ0n) is 11.8. The minimum absolute atomic E-state index is 0.123. The summed E-state index contributed by atoms with van der Waals surface area (Å²) in [5, 5.41) is 30.4. The van der Waals surface area contributed by atoms with Gasteiger partial charge in [-0.25, -0.2) is 0 Å². The Morgan fingerprint density at radius 1 is 1.14 bits per heavy atom. The number of unbranched alkanes of at least 4 members (excludes halogenated alkanes) is 1. The number of carbonyl (C=O) groups is 1. The third-order valence-electron chi connectivity index (χ3n) is 3.50. The van der Waals surface area contributed by atoms with Crippen LogP contribution in [-0.2, 0) is 4.79 Å². The first kappa shape index (κ1) is 14.9. The van der Waals surface area contributed by atoms with Gasteiger partial charge in [-0.15, -0.1) is 0 Å². The van der Waals surface area contributed by atoms with Crippen LogP contribution in [0.4, 0.5) is 0 Å². The van der Waals surface area contributed by atoms with Gasteiger partial charge in [-0.1, -0.05) is 36.4 Å². The molecular formula is C17H18O4. The van der Waals surface area contributed by atoms with E-state index in [0.717, 1.165) is 0 Å². The second kappa shape index (κ2) is 6.31. The predicted octanol–water partition coefficient (Wildman–Crippen LogP) is 3.83. The summed E-state index contributed by atoms with van der Waals surface area (Å²) in [5.74, 6) is -0.519. The maximum absolute atomic E-state index is 10.4. The molecule has 2 aromatic carbocycles. The van der Waals surface area contributed by atoms with Crippen LogP contribution in [0.15, 0.2) is 30.3 Å². The summed E-state index contributed by atoms with van der Waals surface area (Å²) in [6.45, 7) is 1.75. The van der Waals surface area contributed by atoms with E-state index in [1.807, 2.05) is 12.1 Å². The molecule has 4 nitrogen and oxygen atoms in total. The number of carboxylic acids is 1. The molecule has 2 aromatic rings. The van der Waals surface area contributed by atoms with Gasteiger partial charge in [0.1, 0.15) is 11.5 Å². The van der Waals surface area contributed by atoms with Gasteiger partial charge in [0.2, 0.25) is 0 Å². The van der Waals surface area contributed by atoms with Crippen molar-refractivity contribution in [2.75, 3.05) is 0 Å². The van der Waals surface area contributed by atoms with Gasteiger partial charge in [0, 0.05) is 28.3 Å². The van der Waals surface area contributed by atoms with Crippen molar-refractivity contribution in [3.63, 3.8) is 0 Å². The highest BCUT2D eigenvalue weighted by Gasteiger charge is 2.13. The zero-order chi connectivity index (χ0) is 15.4. The van der Waals surface area contributed by atoms with E-state index in [-0.39, 0.29) is 17.9 Å². The Bertz CT molecular complexity index is 701. The van der Waals surface area contributed by atoms with Crippen molar-refractivity contribution >= 4 is 22.8 Å². The van der Waals surface area contributed by atoms with Gasteiger partial charge in [0.25, 0.3) is 0 Å². The van der Waals surface area contributed by atoms with Gasteiger partial charge in [-0.3, -0.25) is 4.79 Å². The molecule has 0 aliphatic carbocycles. The first-order chi connectivity index (χ1) is 10.0. The molecule has 21 heavy (non-hydrogen) atoms. The van der Waals surface area contributed by atoms with Crippen molar-refractivity contribution in [1.82, 2.24) is 0 Å². The molecule has 4 heteroatoms. The third-order valence-corrected chi connectivity index (χ3v) is 3.50. The number of rotatable bonds is 5. The van der Waals surface area contributed by atoms with Crippen LogP contribution in [0.25, 0.3) is 16.8 Å². The molecule has 0 saturated heterocycles. The van der Waals surface area contributed by atoms with Crippen molar-refractivity contribution in [2.45, 2.75) is 26.2 Å². The highest BCUT2D eigenvalue weighted by molar-refractivity contribution is 5.97. The second-order valence-corrected chi connectivity index (χ2v) is 4.97. The standard InChI is InChI=1S/C17H18O4/c1-11-12(7-3-2-4-10-15(18)19)17(21)14-9-6-5-8-13(14)16(11)20/h3,5-9,20-21H,2,4,10H2,1H3,(H,18,19)/b7-3+. The van der Waals surface area contributed by atoms with E-state index < -0.39 is 5.97 Å². The maximum Gasteiger partial charge on any atom is 0.303 e. The van der Waals surface area contributed by atoms with Gasteiger partial charge in [0.15, 0.2) is 0 Å². The van der Waals surface area contributed by atoms with Crippen LogP contribution in [0, 0.1) is 6.92 Å². The van der Waals surface area contributed by atoms with E-state index in [4.69, 9.17) is 5.11 Å². The van der Waals surface area contributed by atoms with E-state index in [1.54, 1.807) is 31.2 Å². The molecule has 0 aliphatic rings. The van der Waals surface area contributed by atoms with E-state index in [2.05, 4.69) is 0 Å². The highest BCUT2D eigenvalue weighted by Crippen LogP contribution is 2.39. The van der Waals surface area contributed by atoms with Crippen LogP contribution in [-0.4, -0.2) is 21.3 Å². The SMILES string of the molecule is Cc1c(/C=C/CCCC(=O)O)c(O)c2ccccc2c1O. The molecule has 0 aliphatic heterocycles. The lowest BCUT2D eigenvalue weighted by molar-refractivity contribution is -0.137. The molecule has 0 bridgehead atoms. The number of aliphatic carboxylic acids is 1. The Morgan fingerprint density at radius 3 is 2.38 bits per heavy atom. The Morgan fingerprint density at radius 2 is 1.76 bits per heavy atom. The average molecular weight is 286 g/mol. The maximum atomic E-state index is 10.4. The largest absolute Gasteiger partial charge is 0.507 e. The van der Waals surface area contributed by atoms with Gasteiger partial charge in [-0.2, -0.15) is 0 Å². The van der Waals surface area contributed by atoms with Gasteiger partial charge < -0.3 is 15.3 Å². The van der Waals surface area contributed by atoms with Crippen molar-refractivity contribution in [3.8, 4) is 11.5 Å². The topological polar surface area (TPSA) is 77.8 Å². The van der Waals surface area contributed by atoms with Gasteiger partial charge in [0.05, 0.1) is 0 Å². The minimum Gasteiger partial charge on any atom is -0.507 e. The van der Waals surface area contributed by atoms with Crippen molar-refractivity contribution in [1.29, 1.82) is 0 Å². The van der Waals surface area contributed by atoms with Crippen LogP contribution in [0.1, 0.15) is 30.4 Å². The van der Waals surface area contributed by atoms with E-state index >= 15 is 0 Å². The summed E-state index contributed by atoms with van der Waals surface area (Å²) >= 11 is 0. The summed E-state index contributed by atoms with van der Waals surface area (Å²) in [6.07, 6.45) is 4.83. The van der Waals surface area contributed by atoms with Crippen LogP contribution < -0.4 is 0 Å². The zero-order valence-corrected chi connectivity index (χ0v) is 11.8. The summed E-state index contributed by atoms with van der Waals surface area (Å²) in [6, 6.07) is 7.13. The van der Waals surface area contributed by atoms with Crippen LogP contribution in [0.5, 0.6) is 11.5 Å². The number of fused-ring (bicyclic) bond motifs is 1. The fourth-order valence-electron chi connectivity index (χ4n) is 2.32. The van der Waals surface area contributed by atoms with Crippen molar-refractivity contribution in [2.24, 2.45) is 0 Å². The normalized spacial score (nSPS) is 11.3. The fourth-order valence-corrected chi connectivity index (χ4v) is 2.32. The molecule has 3 N–H and O–H groups in total. The number of allylic oxidation sites excluding steroid dienone is 1. The quantitative estimate of drug-likeness (QED) is 0.576. The Kier molecular flexibility index (Phi) is 4.48. The van der Waals surface area contributed by atoms with Gasteiger partial charge >= 0.3 is 5.97 Å². The number of carboxylic acid groups (broad SMARTS) is 1. The van der Waals surface area contributed by atoms with Crippen molar-refractivity contribution < 1.29 is 20.1 Å². The molecule has 0 unspecified atom stereocenters. The molecule has 0 atom stereocenters. The smallest absolute Gasteiger partial charge is 0.303 e. The average Bonchev–Trinajstić information content (AvgIpc) is 2.47. The molecule has 0 radical (unpaired) electrons. The number of phenols is 2. The lowest BCUT2D eigenvalue weighted by atomic mass is 9.98.